The number of carbonyl (C=O) groups excluding carboxylic acids is 2. The molecule has 0 bridgehead atoms. The molecule has 0 saturated carbocycles. The summed E-state index contributed by atoms with van der Waals surface area (Å²) in [7, 11) is 0. The van der Waals surface area contributed by atoms with Crippen molar-refractivity contribution in [3.63, 3.8) is 0 Å². The van der Waals surface area contributed by atoms with Gasteiger partial charge in [-0.05, 0) is 41.8 Å². The summed E-state index contributed by atoms with van der Waals surface area (Å²) in [5, 5.41) is 17.1. The van der Waals surface area contributed by atoms with Crippen LogP contribution in [0.4, 0.5) is 18.9 Å². The summed E-state index contributed by atoms with van der Waals surface area (Å²) >= 11 is 0. The maximum atomic E-state index is 12.7. The lowest BCUT2D eigenvalue weighted by Gasteiger charge is -2.24. The first-order valence-electron chi connectivity index (χ1n) is 9.15. The maximum Gasteiger partial charge on any atom is 0.416 e. The van der Waals surface area contributed by atoms with Crippen molar-refractivity contribution in [1.82, 2.24) is 10.6 Å². The first-order chi connectivity index (χ1) is 14.2. The quantitative estimate of drug-likeness (QED) is 0.550. The molecule has 1 heterocycles. The Labute approximate surface area is 170 Å². The van der Waals surface area contributed by atoms with Gasteiger partial charge in [0, 0.05) is 13.1 Å². The minimum Gasteiger partial charge on any atom is -0.487 e. The molecule has 7 nitrogen and oxygen atoms in total. The molecule has 10 heteroatoms. The summed E-state index contributed by atoms with van der Waals surface area (Å²) in [5.74, 6) is -1.22. The molecule has 1 atom stereocenters. The van der Waals surface area contributed by atoms with E-state index >= 15 is 0 Å². The van der Waals surface area contributed by atoms with Crippen molar-refractivity contribution < 1.29 is 32.6 Å². The number of hydrogen-bond acceptors (Lipinski definition) is 5. The highest BCUT2D eigenvalue weighted by Gasteiger charge is 2.30. The minimum atomic E-state index is -4.48. The Morgan fingerprint density at radius 1 is 1.10 bits per heavy atom. The number of nitrogens with one attached hydrogen (secondary N) is 3. The van der Waals surface area contributed by atoms with Crippen LogP contribution in [0.3, 0.4) is 0 Å². The molecule has 0 radical (unpaired) electrons. The van der Waals surface area contributed by atoms with Crippen molar-refractivity contribution in [3.05, 3.63) is 59.2 Å². The Balaban J connectivity index is 1.45. The van der Waals surface area contributed by atoms with Crippen molar-refractivity contribution in [2.24, 2.45) is 0 Å². The number of anilines is 1. The fourth-order valence-electron chi connectivity index (χ4n) is 2.87. The van der Waals surface area contributed by atoms with E-state index in [0.29, 0.717) is 17.9 Å². The largest absolute Gasteiger partial charge is 0.487 e. The van der Waals surface area contributed by atoms with E-state index in [0.717, 1.165) is 17.7 Å². The fraction of sp³-hybridized carbons (Fsp3) is 0.300. The van der Waals surface area contributed by atoms with E-state index in [-0.39, 0.29) is 25.3 Å². The number of rotatable bonds is 5. The molecule has 0 spiro atoms. The molecule has 4 N–H and O–H groups in total. The van der Waals surface area contributed by atoms with Crippen LogP contribution in [0.15, 0.2) is 42.5 Å². The Bertz CT molecular complexity index is 934. The molecule has 0 saturated heterocycles. The summed E-state index contributed by atoms with van der Waals surface area (Å²) < 4.78 is 43.5. The van der Waals surface area contributed by atoms with Gasteiger partial charge in [0.2, 0.25) is 0 Å². The monoisotopic (exact) mass is 423 g/mol. The summed E-state index contributed by atoms with van der Waals surface area (Å²) in [6, 6.07) is 9.84. The van der Waals surface area contributed by atoms with E-state index in [2.05, 4.69) is 16.0 Å². The van der Waals surface area contributed by atoms with Crippen molar-refractivity contribution in [1.29, 1.82) is 0 Å². The predicted molar refractivity (Wildman–Crippen MR) is 102 cm³/mol. The van der Waals surface area contributed by atoms with Gasteiger partial charge in [0.25, 0.3) is 0 Å². The molecule has 1 aliphatic heterocycles. The first kappa shape index (κ1) is 21.4. The second-order valence-electron chi connectivity index (χ2n) is 6.69. The van der Waals surface area contributed by atoms with E-state index in [1.807, 2.05) is 0 Å². The van der Waals surface area contributed by atoms with Gasteiger partial charge in [0.15, 0.2) is 6.23 Å². The lowest BCUT2D eigenvalue weighted by Crippen LogP contribution is -2.40. The van der Waals surface area contributed by atoms with Gasteiger partial charge in [-0.15, -0.1) is 0 Å². The first-order valence-corrected chi connectivity index (χ1v) is 9.15. The minimum absolute atomic E-state index is 0.124. The molecule has 2 amide bonds. The number of aliphatic hydroxyl groups excluding tert-OH is 1. The van der Waals surface area contributed by atoms with Gasteiger partial charge in [-0.2, -0.15) is 13.2 Å². The van der Waals surface area contributed by atoms with Gasteiger partial charge in [-0.25, -0.2) is 0 Å². The predicted octanol–water partition coefficient (Wildman–Crippen LogP) is 1.80. The molecule has 0 aromatic heterocycles. The van der Waals surface area contributed by atoms with Gasteiger partial charge in [-0.1, -0.05) is 18.2 Å². The normalized spacial score (nSPS) is 15.4. The number of alkyl halides is 3. The van der Waals surface area contributed by atoms with Crippen LogP contribution in [-0.2, 0) is 28.7 Å². The average Bonchev–Trinajstić information content (AvgIpc) is 2.71. The molecule has 30 heavy (non-hydrogen) atoms. The zero-order valence-corrected chi connectivity index (χ0v) is 15.8. The number of halogens is 3. The third kappa shape index (κ3) is 5.63. The molecular formula is C20H20F3N3O4. The van der Waals surface area contributed by atoms with Crippen LogP contribution in [0.2, 0.25) is 0 Å². The second-order valence-corrected chi connectivity index (χ2v) is 6.69. The Morgan fingerprint density at radius 3 is 2.63 bits per heavy atom. The van der Waals surface area contributed by atoms with Crippen molar-refractivity contribution >= 4 is 17.5 Å². The van der Waals surface area contributed by atoms with Crippen molar-refractivity contribution in [2.75, 3.05) is 18.5 Å². The van der Waals surface area contributed by atoms with Crippen LogP contribution < -0.4 is 20.7 Å². The Morgan fingerprint density at radius 2 is 1.87 bits per heavy atom. The number of hydrogen-bond donors (Lipinski definition) is 4. The van der Waals surface area contributed by atoms with E-state index < -0.39 is 29.8 Å². The summed E-state index contributed by atoms with van der Waals surface area (Å²) in [6.07, 6.45) is -4.81. The van der Waals surface area contributed by atoms with Gasteiger partial charge < -0.3 is 25.8 Å². The smallest absolute Gasteiger partial charge is 0.416 e. The van der Waals surface area contributed by atoms with Crippen LogP contribution in [0.1, 0.15) is 16.7 Å². The number of benzene rings is 2. The van der Waals surface area contributed by atoms with E-state index in [4.69, 9.17) is 4.74 Å². The molecule has 160 valence electrons. The Hall–Kier alpha value is -3.27. The average molecular weight is 423 g/mol. The van der Waals surface area contributed by atoms with Crippen molar-refractivity contribution in [3.8, 4) is 5.75 Å². The molecule has 0 fully saturated rings. The van der Waals surface area contributed by atoms with Gasteiger partial charge in [-0.3, -0.25) is 9.59 Å². The molecule has 3 rings (SSSR count). The highest BCUT2D eigenvalue weighted by atomic mass is 19.4. The van der Waals surface area contributed by atoms with Gasteiger partial charge in [0.05, 0.1) is 11.3 Å². The van der Waals surface area contributed by atoms with Crippen LogP contribution >= 0.6 is 0 Å². The summed E-state index contributed by atoms with van der Waals surface area (Å²) in [6.45, 7) is 0.112. The standard InChI is InChI=1S/C20H20F3N3O4/c21-20(22,23)14-3-1-2-13(8-14)10-25-19(29)18(28)24-7-6-12-4-5-15-16(9-12)30-11-17(27)26-15/h1-5,8-9,17,26-27H,6-7,10-11H2,(H,24,28)(H,25,29)/t17-/m1/s1. The number of aliphatic hydroxyl groups is 1. The van der Waals surface area contributed by atoms with E-state index in [1.54, 1.807) is 18.2 Å². The second kappa shape index (κ2) is 9.04. The van der Waals surface area contributed by atoms with Gasteiger partial charge in [0.1, 0.15) is 12.4 Å². The zero-order chi connectivity index (χ0) is 21.7. The number of fused-ring (bicyclic) bond motifs is 1. The van der Waals surface area contributed by atoms with Crippen LogP contribution in [0.25, 0.3) is 0 Å². The third-order valence-corrected chi connectivity index (χ3v) is 4.38. The summed E-state index contributed by atoms with van der Waals surface area (Å²) in [5.41, 5.74) is 0.934. The van der Waals surface area contributed by atoms with Crippen LogP contribution in [0.5, 0.6) is 5.75 Å². The lowest BCUT2D eigenvalue weighted by atomic mass is 10.1. The summed E-state index contributed by atoms with van der Waals surface area (Å²) in [4.78, 5) is 23.7. The van der Waals surface area contributed by atoms with E-state index in [9.17, 15) is 27.9 Å². The number of carbonyl (C=O) groups is 2. The topological polar surface area (TPSA) is 99.7 Å². The Kier molecular flexibility index (Phi) is 6.46. The molecule has 1 aliphatic rings. The highest BCUT2D eigenvalue weighted by Crippen LogP contribution is 2.30. The van der Waals surface area contributed by atoms with Crippen LogP contribution in [-0.4, -0.2) is 36.3 Å². The third-order valence-electron chi connectivity index (χ3n) is 4.38. The molecule has 2 aromatic rings. The van der Waals surface area contributed by atoms with Crippen LogP contribution in [0, 0.1) is 0 Å². The molecule has 2 aromatic carbocycles. The molecule has 0 unspecified atom stereocenters. The maximum absolute atomic E-state index is 12.7. The fourth-order valence-corrected chi connectivity index (χ4v) is 2.87. The van der Waals surface area contributed by atoms with Gasteiger partial charge >= 0.3 is 18.0 Å². The number of ether oxygens (including phenoxy) is 1. The lowest BCUT2D eigenvalue weighted by molar-refractivity contribution is -0.139. The van der Waals surface area contributed by atoms with Crippen molar-refractivity contribution in [2.45, 2.75) is 25.4 Å². The number of amides is 2. The zero-order valence-electron chi connectivity index (χ0n) is 15.8. The SMILES string of the molecule is O=C(NCCc1ccc2c(c1)OC[C@@H](O)N2)C(=O)NCc1cccc(C(F)(F)F)c1. The molecular weight excluding hydrogens is 403 g/mol. The highest BCUT2D eigenvalue weighted by molar-refractivity contribution is 6.35. The molecule has 0 aliphatic carbocycles. The van der Waals surface area contributed by atoms with E-state index in [1.165, 1.54) is 12.1 Å².